The van der Waals surface area contributed by atoms with Crippen LogP contribution in [0.2, 0.25) is 0 Å². The van der Waals surface area contributed by atoms with Crippen molar-refractivity contribution in [3.05, 3.63) is 42.2 Å². The first kappa shape index (κ1) is 17.0. The summed E-state index contributed by atoms with van der Waals surface area (Å²) in [7, 11) is 0. The number of nitrogens with zero attached hydrogens (tertiary/aromatic N) is 1. The van der Waals surface area contributed by atoms with Crippen LogP contribution >= 0.6 is 0 Å². The number of ether oxygens (including phenoxy) is 1. The van der Waals surface area contributed by atoms with Gasteiger partial charge >= 0.3 is 0 Å². The van der Waals surface area contributed by atoms with Crippen molar-refractivity contribution in [2.24, 2.45) is 0 Å². The highest BCUT2D eigenvalue weighted by Gasteiger charge is 2.42. The molecule has 1 amide bonds. The SMILES string of the molecule is C=CC(F)(F)c1ccc2oc3c(c2c1)N(CC1(F)COC1)CCNC3=O. The number of carbonyl (C=O) groups excluding carboxylic acids is 1. The van der Waals surface area contributed by atoms with Gasteiger partial charge in [-0.15, -0.1) is 0 Å². The molecule has 1 fully saturated rings. The molecule has 0 bridgehead atoms. The van der Waals surface area contributed by atoms with Crippen molar-refractivity contribution in [1.82, 2.24) is 5.32 Å². The van der Waals surface area contributed by atoms with Gasteiger partial charge in [0.25, 0.3) is 11.8 Å². The molecule has 2 aliphatic rings. The Hall–Kier alpha value is -2.48. The average Bonchev–Trinajstić information content (AvgIpc) is 2.91. The van der Waals surface area contributed by atoms with Gasteiger partial charge < -0.3 is 19.4 Å². The van der Waals surface area contributed by atoms with Crippen molar-refractivity contribution < 1.29 is 27.1 Å². The van der Waals surface area contributed by atoms with Gasteiger partial charge in [0, 0.05) is 24.0 Å². The van der Waals surface area contributed by atoms with Gasteiger partial charge in [0.1, 0.15) is 5.58 Å². The van der Waals surface area contributed by atoms with Crippen LogP contribution in [0.3, 0.4) is 0 Å². The highest BCUT2D eigenvalue weighted by atomic mass is 19.3. The van der Waals surface area contributed by atoms with Crippen molar-refractivity contribution in [2.75, 3.05) is 37.7 Å². The van der Waals surface area contributed by atoms with Crippen molar-refractivity contribution in [3.8, 4) is 0 Å². The number of rotatable bonds is 4. The van der Waals surface area contributed by atoms with E-state index in [1.54, 1.807) is 4.90 Å². The number of halogens is 3. The number of anilines is 1. The Morgan fingerprint density at radius 3 is 2.81 bits per heavy atom. The molecule has 0 atom stereocenters. The van der Waals surface area contributed by atoms with Crippen LogP contribution in [0, 0.1) is 0 Å². The van der Waals surface area contributed by atoms with Gasteiger partial charge in [-0.2, -0.15) is 8.78 Å². The Morgan fingerprint density at radius 1 is 1.38 bits per heavy atom. The van der Waals surface area contributed by atoms with E-state index in [1.165, 1.54) is 18.2 Å². The standard InChI is InChI=1S/C18H17F3N2O3/c1-2-18(20,21)11-3-4-13-12(7-11)14-15(26-13)16(24)22-5-6-23(14)8-17(19)9-25-10-17/h2-4,7H,1,5-6,8-10H2,(H,22,24). The fourth-order valence-corrected chi connectivity index (χ4v) is 3.29. The van der Waals surface area contributed by atoms with E-state index in [1.807, 2.05) is 0 Å². The zero-order valence-corrected chi connectivity index (χ0v) is 13.9. The number of allylic oxidation sites excluding steroid dienone is 1. The Kier molecular flexibility index (Phi) is 3.76. The zero-order valence-electron chi connectivity index (χ0n) is 13.9. The minimum Gasteiger partial charge on any atom is -0.449 e. The molecule has 1 saturated heterocycles. The molecular formula is C18H17F3N2O3. The lowest BCUT2D eigenvalue weighted by Gasteiger charge is -2.38. The van der Waals surface area contributed by atoms with Crippen LogP contribution in [-0.2, 0) is 10.7 Å². The van der Waals surface area contributed by atoms with E-state index >= 15 is 0 Å². The van der Waals surface area contributed by atoms with Crippen LogP contribution in [-0.4, -0.2) is 44.4 Å². The number of alkyl halides is 3. The second-order valence-electron chi connectivity index (χ2n) is 6.64. The van der Waals surface area contributed by atoms with E-state index in [-0.39, 0.29) is 31.1 Å². The molecular weight excluding hydrogens is 349 g/mol. The van der Waals surface area contributed by atoms with E-state index in [0.717, 1.165) is 0 Å². The van der Waals surface area contributed by atoms with E-state index < -0.39 is 17.5 Å². The molecule has 4 rings (SSSR count). The normalized spacial score (nSPS) is 19.5. The number of carbonyl (C=O) groups is 1. The number of hydrogen-bond donors (Lipinski definition) is 1. The molecule has 3 heterocycles. The summed E-state index contributed by atoms with van der Waals surface area (Å²) in [4.78, 5) is 14.0. The summed E-state index contributed by atoms with van der Waals surface area (Å²) in [5.41, 5.74) is -1.18. The number of furan rings is 1. The molecule has 1 aromatic carbocycles. The Bertz CT molecular complexity index is 889. The quantitative estimate of drug-likeness (QED) is 0.846. The summed E-state index contributed by atoms with van der Waals surface area (Å²) >= 11 is 0. The van der Waals surface area contributed by atoms with Crippen LogP contribution in [0.1, 0.15) is 16.1 Å². The molecule has 26 heavy (non-hydrogen) atoms. The van der Waals surface area contributed by atoms with Gasteiger partial charge in [0.15, 0.2) is 5.67 Å². The van der Waals surface area contributed by atoms with Crippen molar-refractivity contribution >= 4 is 22.6 Å². The van der Waals surface area contributed by atoms with Crippen molar-refractivity contribution in [3.63, 3.8) is 0 Å². The van der Waals surface area contributed by atoms with Gasteiger partial charge in [0.2, 0.25) is 5.76 Å². The summed E-state index contributed by atoms with van der Waals surface area (Å²) in [5, 5.41) is 3.02. The fourth-order valence-electron chi connectivity index (χ4n) is 3.29. The van der Waals surface area contributed by atoms with Crippen LogP contribution in [0.25, 0.3) is 11.0 Å². The minimum absolute atomic E-state index is 0.000381. The van der Waals surface area contributed by atoms with Crippen LogP contribution in [0.4, 0.5) is 18.9 Å². The number of fused-ring (bicyclic) bond motifs is 3. The molecule has 0 unspecified atom stereocenters. The maximum absolute atomic E-state index is 14.6. The third-order valence-electron chi connectivity index (χ3n) is 4.69. The Labute approximate surface area is 147 Å². The lowest BCUT2D eigenvalue weighted by Crippen LogP contribution is -2.54. The first-order valence-corrected chi connectivity index (χ1v) is 8.21. The number of hydrogen-bond acceptors (Lipinski definition) is 4. The highest BCUT2D eigenvalue weighted by Crippen LogP contribution is 2.40. The molecule has 138 valence electrons. The van der Waals surface area contributed by atoms with Crippen LogP contribution in [0.15, 0.2) is 35.3 Å². The molecule has 5 nitrogen and oxygen atoms in total. The molecule has 0 saturated carbocycles. The first-order valence-electron chi connectivity index (χ1n) is 8.21. The number of nitrogens with one attached hydrogen (secondary N) is 1. The number of amides is 1. The summed E-state index contributed by atoms with van der Waals surface area (Å²) in [6.07, 6.45) is 0.555. The third kappa shape index (κ3) is 2.65. The largest absolute Gasteiger partial charge is 0.449 e. The zero-order chi connectivity index (χ0) is 18.5. The van der Waals surface area contributed by atoms with Crippen LogP contribution in [0.5, 0.6) is 0 Å². The summed E-state index contributed by atoms with van der Waals surface area (Å²) in [6.45, 7) is 3.72. The summed E-state index contributed by atoms with van der Waals surface area (Å²) < 4.78 is 53.2. The second-order valence-corrected chi connectivity index (χ2v) is 6.64. The highest BCUT2D eigenvalue weighted by molar-refractivity contribution is 6.07. The molecule has 8 heteroatoms. The van der Waals surface area contributed by atoms with Gasteiger partial charge in [-0.1, -0.05) is 6.58 Å². The fraction of sp³-hybridized carbons (Fsp3) is 0.389. The molecule has 0 aliphatic carbocycles. The second kappa shape index (κ2) is 5.77. The molecule has 1 N–H and O–H groups in total. The van der Waals surface area contributed by atoms with E-state index in [2.05, 4.69) is 11.9 Å². The molecule has 2 aromatic rings. The minimum atomic E-state index is -3.22. The first-order chi connectivity index (χ1) is 12.3. The third-order valence-corrected chi connectivity index (χ3v) is 4.69. The lowest BCUT2D eigenvalue weighted by molar-refractivity contribution is -0.123. The molecule has 2 aliphatic heterocycles. The number of benzene rings is 1. The monoisotopic (exact) mass is 366 g/mol. The Balaban J connectivity index is 1.86. The average molecular weight is 366 g/mol. The van der Waals surface area contributed by atoms with Gasteiger partial charge in [-0.05, 0) is 24.3 Å². The smallest absolute Gasteiger partial charge is 0.291 e. The summed E-state index contributed by atoms with van der Waals surface area (Å²) in [5.74, 6) is -3.67. The van der Waals surface area contributed by atoms with E-state index in [9.17, 15) is 18.0 Å². The topological polar surface area (TPSA) is 54.7 Å². The molecule has 0 radical (unpaired) electrons. The van der Waals surface area contributed by atoms with E-state index in [4.69, 9.17) is 9.15 Å². The predicted molar refractivity (Wildman–Crippen MR) is 89.5 cm³/mol. The van der Waals surface area contributed by atoms with Gasteiger partial charge in [-0.3, -0.25) is 4.79 Å². The Morgan fingerprint density at radius 2 is 2.15 bits per heavy atom. The summed E-state index contributed by atoms with van der Waals surface area (Å²) in [6, 6.07) is 3.89. The van der Waals surface area contributed by atoms with Crippen molar-refractivity contribution in [2.45, 2.75) is 11.6 Å². The molecule has 0 spiro atoms. The van der Waals surface area contributed by atoms with Gasteiger partial charge in [0.05, 0.1) is 25.4 Å². The van der Waals surface area contributed by atoms with E-state index in [0.29, 0.717) is 35.8 Å². The van der Waals surface area contributed by atoms with Crippen molar-refractivity contribution in [1.29, 1.82) is 0 Å². The molecule has 1 aromatic heterocycles. The van der Waals surface area contributed by atoms with Gasteiger partial charge in [-0.25, -0.2) is 4.39 Å². The lowest BCUT2D eigenvalue weighted by atomic mass is 10.0. The maximum atomic E-state index is 14.6. The van der Waals surface area contributed by atoms with Crippen LogP contribution < -0.4 is 10.2 Å². The maximum Gasteiger partial charge on any atom is 0.291 e. The predicted octanol–water partition coefficient (Wildman–Crippen LogP) is 3.00.